The molecule has 1 saturated carbocycles. The fourth-order valence-corrected chi connectivity index (χ4v) is 2.20. The lowest BCUT2D eigenvalue weighted by Crippen LogP contribution is -2.31. The molecule has 0 saturated heterocycles. The zero-order valence-corrected chi connectivity index (χ0v) is 11.2. The fraction of sp³-hybridized carbons (Fsp3) is 0.538. The van der Waals surface area contributed by atoms with Gasteiger partial charge in [-0.15, -0.1) is 0 Å². The minimum atomic E-state index is -0.939. The number of benzene rings is 1. The van der Waals surface area contributed by atoms with Crippen LogP contribution >= 0.6 is 0 Å². The van der Waals surface area contributed by atoms with Crippen molar-refractivity contribution >= 4 is 11.4 Å². The van der Waals surface area contributed by atoms with Gasteiger partial charge in [-0.05, 0) is 19.4 Å². The van der Waals surface area contributed by atoms with Crippen LogP contribution in [0.5, 0.6) is 0 Å². The number of anilines is 1. The van der Waals surface area contributed by atoms with E-state index < -0.39 is 22.2 Å². The molecule has 0 amide bonds. The molecule has 110 valence electrons. The molecule has 0 radical (unpaired) electrons. The molecule has 0 aliphatic heterocycles. The van der Waals surface area contributed by atoms with E-state index in [2.05, 4.69) is 10.2 Å². The average Bonchev–Trinajstić information content (AvgIpc) is 3.21. The molecule has 1 aliphatic rings. The van der Waals surface area contributed by atoms with Gasteiger partial charge in [0.05, 0.1) is 17.1 Å². The number of likely N-dealkylation sites (N-methyl/N-ethyl adjacent to an activating group) is 1. The molecule has 1 fully saturated rings. The molecule has 0 atom stereocenters. The van der Waals surface area contributed by atoms with Crippen LogP contribution in [0.25, 0.3) is 0 Å². The first-order valence-corrected chi connectivity index (χ1v) is 6.64. The summed E-state index contributed by atoms with van der Waals surface area (Å²) in [6.45, 7) is 4.04. The van der Waals surface area contributed by atoms with E-state index in [1.165, 1.54) is 12.8 Å². The van der Waals surface area contributed by atoms with Gasteiger partial charge in [-0.3, -0.25) is 15.0 Å². The van der Waals surface area contributed by atoms with Gasteiger partial charge in [0, 0.05) is 19.1 Å². The molecule has 0 aromatic heterocycles. The molecule has 2 rings (SSSR count). The third kappa shape index (κ3) is 3.41. The number of nitro benzene ring substituents is 1. The maximum atomic E-state index is 13.6. The summed E-state index contributed by atoms with van der Waals surface area (Å²) in [5.41, 5.74) is -0.888. The molecule has 0 spiro atoms. The molecule has 5 nitrogen and oxygen atoms in total. The number of non-ortho nitro benzene ring substituents is 1. The SMILES string of the molecule is CCN(CCNc1c(F)cc([N+](=O)[O-])cc1F)C1CC1. The van der Waals surface area contributed by atoms with Crippen molar-refractivity contribution < 1.29 is 13.7 Å². The van der Waals surface area contributed by atoms with Gasteiger partial charge in [-0.1, -0.05) is 6.92 Å². The van der Waals surface area contributed by atoms with Crippen molar-refractivity contribution in [2.24, 2.45) is 0 Å². The molecule has 7 heteroatoms. The lowest BCUT2D eigenvalue weighted by molar-refractivity contribution is -0.385. The summed E-state index contributed by atoms with van der Waals surface area (Å²) in [6, 6.07) is 2.04. The van der Waals surface area contributed by atoms with Crippen molar-refractivity contribution in [3.63, 3.8) is 0 Å². The predicted molar refractivity (Wildman–Crippen MR) is 71.8 cm³/mol. The quantitative estimate of drug-likeness (QED) is 0.618. The number of nitrogens with zero attached hydrogens (tertiary/aromatic N) is 2. The van der Waals surface area contributed by atoms with E-state index in [9.17, 15) is 18.9 Å². The molecular formula is C13H17F2N3O2. The minimum Gasteiger partial charge on any atom is -0.379 e. The number of hydrogen-bond donors (Lipinski definition) is 1. The highest BCUT2D eigenvalue weighted by Crippen LogP contribution is 2.27. The standard InChI is InChI=1S/C13H17F2N3O2/c1-2-17(9-3-4-9)6-5-16-13-11(14)7-10(18(19)20)8-12(13)15/h7-9,16H,2-6H2,1H3. The van der Waals surface area contributed by atoms with Gasteiger partial charge >= 0.3 is 0 Å². The van der Waals surface area contributed by atoms with E-state index in [1.54, 1.807) is 0 Å². The molecule has 0 heterocycles. The maximum absolute atomic E-state index is 13.6. The maximum Gasteiger partial charge on any atom is 0.275 e. The zero-order valence-electron chi connectivity index (χ0n) is 11.2. The third-order valence-corrected chi connectivity index (χ3v) is 3.41. The lowest BCUT2D eigenvalue weighted by Gasteiger charge is -2.20. The van der Waals surface area contributed by atoms with Gasteiger partial charge in [0.15, 0.2) is 11.6 Å². The molecule has 0 unspecified atom stereocenters. The van der Waals surface area contributed by atoms with E-state index in [0.717, 1.165) is 18.7 Å². The first-order valence-electron chi connectivity index (χ1n) is 6.64. The molecule has 20 heavy (non-hydrogen) atoms. The van der Waals surface area contributed by atoms with E-state index in [-0.39, 0.29) is 5.69 Å². The number of nitrogens with one attached hydrogen (secondary N) is 1. The highest BCUT2D eigenvalue weighted by atomic mass is 19.1. The number of rotatable bonds is 7. The van der Waals surface area contributed by atoms with Gasteiger partial charge < -0.3 is 5.32 Å². The van der Waals surface area contributed by atoms with Crippen LogP contribution < -0.4 is 5.32 Å². The highest BCUT2D eigenvalue weighted by Gasteiger charge is 2.27. The summed E-state index contributed by atoms with van der Waals surface area (Å²) in [5.74, 6) is -1.88. The number of hydrogen-bond acceptors (Lipinski definition) is 4. The summed E-state index contributed by atoms with van der Waals surface area (Å²) >= 11 is 0. The summed E-state index contributed by atoms with van der Waals surface area (Å²) in [6.07, 6.45) is 2.35. The first kappa shape index (κ1) is 14.6. The second-order valence-electron chi connectivity index (χ2n) is 4.83. The normalized spacial score (nSPS) is 14.6. The van der Waals surface area contributed by atoms with Crippen LogP contribution in [0.15, 0.2) is 12.1 Å². The van der Waals surface area contributed by atoms with Gasteiger partial charge in [0.1, 0.15) is 5.69 Å². The Labute approximate surface area is 115 Å². The van der Waals surface area contributed by atoms with Crippen LogP contribution in [-0.2, 0) is 0 Å². The summed E-state index contributed by atoms with van der Waals surface area (Å²) < 4.78 is 27.3. The van der Waals surface area contributed by atoms with Gasteiger partial charge in [0.2, 0.25) is 0 Å². The van der Waals surface area contributed by atoms with Crippen molar-refractivity contribution in [3.8, 4) is 0 Å². The fourth-order valence-electron chi connectivity index (χ4n) is 2.20. The average molecular weight is 285 g/mol. The monoisotopic (exact) mass is 285 g/mol. The second kappa shape index (κ2) is 6.13. The Balaban J connectivity index is 1.97. The van der Waals surface area contributed by atoms with E-state index in [1.807, 2.05) is 6.92 Å². The molecular weight excluding hydrogens is 268 g/mol. The Kier molecular flexibility index (Phi) is 4.49. The van der Waals surface area contributed by atoms with Crippen LogP contribution in [0.3, 0.4) is 0 Å². The topological polar surface area (TPSA) is 58.4 Å². The van der Waals surface area contributed by atoms with Crippen molar-refractivity contribution in [3.05, 3.63) is 33.9 Å². The van der Waals surface area contributed by atoms with E-state index >= 15 is 0 Å². The molecule has 1 aromatic rings. The highest BCUT2D eigenvalue weighted by molar-refractivity contribution is 5.51. The number of nitro groups is 1. The summed E-state index contributed by atoms with van der Waals surface area (Å²) in [5, 5.41) is 13.2. The zero-order chi connectivity index (χ0) is 14.7. The van der Waals surface area contributed by atoms with Crippen LogP contribution in [0.1, 0.15) is 19.8 Å². The molecule has 1 N–H and O–H groups in total. The van der Waals surface area contributed by atoms with Crippen molar-refractivity contribution in [2.45, 2.75) is 25.8 Å². The van der Waals surface area contributed by atoms with Gasteiger partial charge in [-0.2, -0.15) is 0 Å². The van der Waals surface area contributed by atoms with E-state index in [0.29, 0.717) is 19.1 Å². The second-order valence-corrected chi connectivity index (χ2v) is 4.83. The Morgan fingerprint density at radius 2 is 2.00 bits per heavy atom. The largest absolute Gasteiger partial charge is 0.379 e. The van der Waals surface area contributed by atoms with Crippen molar-refractivity contribution in [1.29, 1.82) is 0 Å². The molecule has 1 aliphatic carbocycles. The molecule has 0 bridgehead atoms. The van der Waals surface area contributed by atoms with Gasteiger partial charge in [0.25, 0.3) is 5.69 Å². The summed E-state index contributed by atoms with van der Waals surface area (Å²) in [7, 11) is 0. The molecule has 1 aromatic carbocycles. The first-order chi connectivity index (χ1) is 9.52. The summed E-state index contributed by atoms with van der Waals surface area (Å²) in [4.78, 5) is 11.9. The van der Waals surface area contributed by atoms with Gasteiger partial charge in [-0.25, -0.2) is 8.78 Å². The predicted octanol–water partition coefficient (Wildman–Crippen LogP) is 2.77. The third-order valence-electron chi connectivity index (χ3n) is 3.41. The Morgan fingerprint density at radius 1 is 1.40 bits per heavy atom. The van der Waals surface area contributed by atoms with Crippen molar-refractivity contribution in [2.75, 3.05) is 25.0 Å². The van der Waals surface area contributed by atoms with Crippen molar-refractivity contribution in [1.82, 2.24) is 4.90 Å². The van der Waals surface area contributed by atoms with Crippen LogP contribution in [0.4, 0.5) is 20.2 Å². The lowest BCUT2D eigenvalue weighted by atomic mass is 10.2. The van der Waals surface area contributed by atoms with Crippen LogP contribution in [0, 0.1) is 21.7 Å². The Bertz CT molecular complexity index is 483. The Morgan fingerprint density at radius 3 is 2.45 bits per heavy atom. The van der Waals surface area contributed by atoms with E-state index in [4.69, 9.17) is 0 Å². The Hall–Kier alpha value is -1.76. The smallest absolute Gasteiger partial charge is 0.275 e. The minimum absolute atomic E-state index is 0.303. The number of halogens is 2. The van der Waals surface area contributed by atoms with Crippen LogP contribution in [0.2, 0.25) is 0 Å². The van der Waals surface area contributed by atoms with Crippen LogP contribution in [-0.4, -0.2) is 35.5 Å².